The predicted molar refractivity (Wildman–Crippen MR) is 89.4 cm³/mol. The summed E-state index contributed by atoms with van der Waals surface area (Å²) in [4.78, 5) is 0. The van der Waals surface area contributed by atoms with Crippen molar-refractivity contribution in [3.05, 3.63) is 35.7 Å². The molecule has 0 amide bonds. The summed E-state index contributed by atoms with van der Waals surface area (Å²) in [5.41, 5.74) is 1.09. The van der Waals surface area contributed by atoms with E-state index in [9.17, 15) is 13.2 Å². The Labute approximate surface area is 144 Å². The van der Waals surface area contributed by atoms with Crippen LogP contribution in [0.4, 0.5) is 13.2 Å². The van der Waals surface area contributed by atoms with E-state index < -0.39 is 17.5 Å². The summed E-state index contributed by atoms with van der Waals surface area (Å²) in [6, 6.07) is 4.66. The molecule has 25 heavy (non-hydrogen) atoms. The average Bonchev–Trinajstić information content (AvgIpc) is 3.10. The molecule has 0 radical (unpaired) electrons. The predicted octanol–water partition coefficient (Wildman–Crippen LogP) is 5.72. The third kappa shape index (κ3) is 2.57. The number of rotatable bonds is 5. The monoisotopic (exact) mass is 348 g/mol. The highest BCUT2D eigenvalue weighted by atomic mass is 19.2. The third-order valence-electron chi connectivity index (χ3n) is 5.07. The second kappa shape index (κ2) is 6.28. The highest BCUT2D eigenvalue weighted by molar-refractivity contribution is 6.04. The van der Waals surface area contributed by atoms with Gasteiger partial charge < -0.3 is 9.47 Å². The fourth-order valence-electron chi connectivity index (χ4n) is 3.78. The van der Waals surface area contributed by atoms with Crippen LogP contribution in [0.2, 0.25) is 0 Å². The summed E-state index contributed by atoms with van der Waals surface area (Å²) in [6.45, 7) is 2.42. The van der Waals surface area contributed by atoms with Crippen molar-refractivity contribution in [3.8, 4) is 33.8 Å². The Balaban J connectivity index is 1.66. The van der Waals surface area contributed by atoms with Gasteiger partial charge in [-0.3, -0.25) is 0 Å². The molecule has 5 heteroatoms. The van der Waals surface area contributed by atoms with Crippen molar-refractivity contribution < 1.29 is 22.6 Å². The molecule has 0 spiro atoms. The van der Waals surface area contributed by atoms with Gasteiger partial charge in [0.1, 0.15) is 0 Å². The molecule has 2 nitrogen and oxygen atoms in total. The number of fused-ring (bicyclic) bond motifs is 4. The summed E-state index contributed by atoms with van der Waals surface area (Å²) in [5.74, 6) is -2.41. The molecule has 0 atom stereocenters. The second-order valence-electron chi connectivity index (χ2n) is 6.62. The van der Waals surface area contributed by atoms with Crippen molar-refractivity contribution in [2.24, 2.45) is 5.92 Å². The Morgan fingerprint density at radius 2 is 1.60 bits per heavy atom. The number of hydrogen-bond acceptors (Lipinski definition) is 2. The van der Waals surface area contributed by atoms with E-state index in [4.69, 9.17) is 9.47 Å². The van der Waals surface area contributed by atoms with E-state index in [-0.39, 0.29) is 22.6 Å². The Kier molecular flexibility index (Phi) is 4.10. The van der Waals surface area contributed by atoms with Crippen LogP contribution in [-0.2, 0) is 0 Å². The summed E-state index contributed by atoms with van der Waals surface area (Å²) in [6.07, 6.45) is 4.43. The van der Waals surface area contributed by atoms with Crippen molar-refractivity contribution >= 4 is 0 Å². The molecule has 2 aliphatic carbocycles. The van der Waals surface area contributed by atoms with Gasteiger partial charge in [-0.05, 0) is 55.0 Å². The molecular formula is C20H19F3O2. The van der Waals surface area contributed by atoms with Crippen LogP contribution in [0.25, 0.3) is 22.3 Å². The molecule has 0 saturated heterocycles. The minimum atomic E-state index is -1.06. The van der Waals surface area contributed by atoms with Crippen LogP contribution in [0.5, 0.6) is 11.5 Å². The molecule has 132 valence electrons. The quantitative estimate of drug-likeness (QED) is 0.587. The summed E-state index contributed by atoms with van der Waals surface area (Å²) in [5, 5.41) is 0. The molecule has 1 fully saturated rings. The van der Waals surface area contributed by atoms with Crippen LogP contribution in [-0.4, -0.2) is 13.2 Å². The van der Waals surface area contributed by atoms with Gasteiger partial charge in [0, 0.05) is 11.1 Å². The van der Waals surface area contributed by atoms with E-state index >= 15 is 0 Å². The van der Waals surface area contributed by atoms with Gasteiger partial charge in [0.2, 0.25) is 5.82 Å². The first-order valence-electron chi connectivity index (χ1n) is 8.72. The zero-order chi connectivity index (χ0) is 17.6. The molecule has 4 rings (SSSR count). The normalized spacial score (nSPS) is 15.5. The smallest absolute Gasteiger partial charge is 0.201 e. The van der Waals surface area contributed by atoms with Gasteiger partial charge in [-0.2, -0.15) is 4.39 Å². The zero-order valence-corrected chi connectivity index (χ0v) is 14.0. The van der Waals surface area contributed by atoms with Gasteiger partial charge in [-0.15, -0.1) is 0 Å². The summed E-state index contributed by atoms with van der Waals surface area (Å²) < 4.78 is 54.1. The largest absolute Gasteiger partial charge is 0.491 e. The average molecular weight is 348 g/mol. The minimum absolute atomic E-state index is 0.0280. The van der Waals surface area contributed by atoms with Crippen molar-refractivity contribution in [2.45, 2.75) is 32.6 Å². The number of halogens is 3. The summed E-state index contributed by atoms with van der Waals surface area (Å²) in [7, 11) is 0. The van der Waals surface area contributed by atoms with Gasteiger partial charge in [0.15, 0.2) is 23.1 Å². The Morgan fingerprint density at radius 1 is 0.880 bits per heavy atom. The highest BCUT2D eigenvalue weighted by Gasteiger charge is 2.34. The standard InChI is InChI=1S/C20H19F3O2/c1-2-24-14-8-7-12-13-9-15(25-10-11-5-3-4-6-11)19(22)20(23)17(13)16(12)18(14)21/h7-9,11H,2-6,10H2,1H3. The van der Waals surface area contributed by atoms with Crippen LogP contribution in [0.1, 0.15) is 32.6 Å². The van der Waals surface area contributed by atoms with Crippen molar-refractivity contribution in [1.82, 2.24) is 0 Å². The fourth-order valence-corrected chi connectivity index (χ4v) is 3.78. The first-order chi connectivity index (χ1) is 12.1. The second-order valence-corrected chi connectivity index (χ2v) is 6.62. The molecule has 0 aliphatic heterocycles. The third-order valence-corrected chi connectivity index (χ3v) is 5.07. The Hall–Kier alpha value is -2.17. The number of ether oxygens (including phenoxy) is 2. The minimum Gasteiger partial charge on any atom is -0.491 e. The topological polar surface area (TPSA) is 18.5 Å². The van der Waals surface area contributed by atoms with Gasteiger partial charge >= 0.3 is 0 Å². The van der Waals surface area contributed by atoms with E-state index in [1.165, 1.54) is 12.1 Å². The van der Waals surface area contributed by atoms with Crippen molar-refractivity contribution in [2.75, 3.05) is 13.2 Å². The van der Waals surface area contributed by atoms with Crippen LogP contribution in [0.3, 0.4) is 0 Å². The molecule has 0 N–H and O–H groups in total. The molecule has 0 unspecified atom stereocenters. The number of hydrogen-bond donors (Lipinski definition) is 0. The SMILES string of the molecule is CCOc1ccc2c(c1F)-c1c-2cc(OCC2CCCC2)c(F)c1F. The van der Waals surface area contributed by atoms with Gasteiger partial charge in [-0.1, -0.05) is 12.8 Å². The lowest BCUT2D eigenvalue weighted by atomic mass is 9.79. The molecule has 2 aliphatic rings. The maximum atomic E-state index is 14.5. The molecule has 0 aromatic heterocycles. The highest BCUT2D eigenvalue weighted by Crippen LogP contribution is 2.53. The van der Waals surface area contributed by atoms with Crippen LogP contribution in [0.15, 0.2) is 18.2 Å². The maximum absolute atomic E-state index is 14.5. The van der Waals surface area contributed by atoms with E-state index in [2.05, 4.69) is 0 Å². The maximum Gasteiger partial charge on any atom is 0.201 e. The first kappa shape index (κ1) is 16.3. The van der Waals surface area contributed by atoms with E-state index in [0.29, 0.717) is 30.3 Å². The molecule has 0 heterocycles. The number of benzene rings is 2. The van der Waals surface area contributed by atoms with Crippen LogP contribution >= 0.6 is 0 Å². The zero-order valence-electron chi connectivity index (χ0n) is 14.0. The Bertz CT molecular complexity index is 826. The first-order valence-corrected chi connectivity index (χ1v) is 8.72. The lowest BCUT2D eigenvalue weighted by molar-refractivity contribution is 0.239. The Morgan fingerprint density at radius 3 is 2.32 bits per heavy atom. The molecule has 0 bridgehead atoms. The van der Waals surface area contributed by atoms with E-state index in [1.54, 1.807) is 13.0 Å². The van der Waals surface area contributed by atoms with Crippen molar-refractivity contribution in [3.63, 3.8) is 0 Å². The van der Waals surface area contributed by atoms with Crippen LogP contribution in [0, 0.1) is 23.4 Å². The molecule has 2 aromatic rings. The van der Waals surface area contributed by atoms with Crippen molar-refractivity contribution in [1.29, 1.82) is 0 Å². The molecule has 2 aromatic carbocycles. The van der Waals surface area contributed by atoms with E-state index in [0.717, 1.165) is 25.7 Å². The lowest BCUT2D eigenvalue weighted by Crippen LogP contribution is -2.13. The van der Waals surface area contributed by atoms with Gasteiger partial charge in [0.25, 0.3) is 0 Å². The molecular weight excluding hydrogens is 329 g/mol. The van der Waals surface area contributed by atoms with Crippen LogP contribution < -0.4 is 9.47 Å². The molecule has 1 saturated carbocycles. The van der Waals surface area contributed by atoms with E-state index in [1.807, 2.05) is 0 Å². The van der Waals surface area contributed by atoms with Gasteiger partial charge in [-0.25, -0.2) is 8.78 Å². The van der Waals surface area contributed by atoms with Gasteiger partial charge in [0.05, 0.1) is 13.2 Å². The summed E-state index contributed by atoms with van der Waals surface area (Å²) >= 11 is 0. The fraction of sp³-hybridized carbons (Fsp3) is 0.400. The lowest BCUT2D eigenvalue weighted by Gasteiger charge is -2.27.